The average Bonchev–Trinajstić information content (AvgIpc) is 2.89. The topological polar surface area (TPSA) is 90.5 Å². The summed E-state index contributed by atoms with van der Waals surface area (Å²) in [6.45, 7) is 3.08. The number of piperazine rings is 1. The smallest absolute Gasteiger partial charge is 0.309 e. The summed E-state index contributed by atoms with van der Waals surface area (Å²) in [5.74, 6) is -1.64. The standard InChI is InChI=1S/C25H27FN6O2/c26-21-8-1-2-9-22(21)31-12-14-32(15-13-31)23(19-6-5-10-27-16-19)18-30-25(34)24(33)29-17-20-7-3-4-11-28-20/h1-11,16,23H,12-15,17-18H2,(H,29,33)(H,30,34)/t23-/m1/s1. The highest BCUT2D eigenvalue weighted by atomic mass is 19.1. The summed E-state index contributed by atoms with van der Waals surface area (Å²) in [4.78, 5) is 37.3. The first-order valence-corrected chi connectivity index (χ1v) is 11.2. The van der Waals surface area contributed by atoms with Gasteiger partial charge in [0, 0.05) is 51.3 Å². The number of pyridine rings is 2. The molecule has 2 aromatic heterocycles. The van der Waals surface area contributed by atoms with Crippen LogP contribution in [-0.4, -0.2) is 59.4 Å². The van der Waals surface area contributed by atoms with Crippen molar-refractivity contribution >= 4 is 17.5 Å². The number of para-hydroxylation sites is 1. The number of hydrogen-bond donors (Lipinski definition) is 2. The van der Waals surface area contributed by atoms with Crippen LogP contribution in [0.3, 0.4) is 0 Å². The highest BCUT2D eigenvalue weighted by molar-refractivity contribution is 6.35. The van der Waals surface area contributed by atoms with Crippen LogP contribution in [0.5, 0.6) is 0 Å². The Kier molecular flexibility index (Phi) is 7.77. The minimum absolute atomic E-state index is 0.163. The lowest BCUT2D eigenvalue weighted by molar-refractivity contribution is -0.139. The minimum atomic E-state index is -0.708. The number of amides is 2. The van der Waals surface area contributed by atoms with Gasteiger partial charge in [0.1, 0.15) is 5.82 Å². The van der Waals surface area contributed by atoms with Crippen molar-refractivity contribution in [3.63, 3.8) is 0 Å². The van der Waals surface area contributed by atoms with Crippen molar-refractivity contribution < 1.29 is 14.0 Å². The van der Waals surface area contributed by atoms with Crippen LogP contribution >= 0.6 is 0 Å². The second-order valence-electron chi connectivity index (χ2n) is 7.99. The second kappa shape index (κ2) is 11.3. The van der Waals surface area contributed by atoms with Crippen LogP contribution in [0.2, 0.25) is 0 Å². The average molecular weight is 463 g/mol. The van der Waals surface area contributed by atoms with E-state index in [0.717, 1.165) is 5.56 Å². The van der Waals surface area contributed by atoms with Crippen molar-refractivity contribution in [3.05, 3.63) is 90.3 Å². The van der Waals surface area contributed by atoms with E-state index in [2.05, 4.69) is 25.5 Å². The number of nitrogens with zero attached hydrogens (tertiary/aromatic N) is 4. The highest BCUT2D eigenvalue weighted by Gasteiger charge is 2.27. The Morgan fingerprint density at radius 2 is 1.68 bits per heavy atom. The van der Waals surface area contributed by atoms with E-state index in [1.54, 1.807) is 42.9 Å². The summed E-state index contributed by atoms with van der Waals surface area (Å²) in [5, 5.41) is 5.34. The molecule has 1 aliphatic heterocycles. The number of halogens is 1. The second-order valence-corrected chi connectivity index (χ2v) is 7.99. The van der Waals surface area contributed by atoms with E-state index in [1.165, 1.54) is 6.07 Å². The van der Waals surface area contributed by atoms with Crippen molar-refractivity contribution in [1.82, 2.24) is 25.5 Å². The van der Waals surface area contributed by atoms with Gasteiger partial charge in [-0.25, -0.2) is 4.39 Å². The number of rotatable bonds is 7. The summed E-state index contributed by atoms with van der Waals surface area (Å²) in [7, 11) is 0. The Labute approximate surface area is 197 Å². The third-order valence-corrected chi connectivity index (χ3v) is 5.84. The molecule has 1 saturated heterocycles. The molecule has 0 bridgehead atoms. The van der Waals surface area contributed by atoms with Crippen molar-refractivity contribution in [2.24, 2.45) is 0 Å². The van der Waals surface area contributed by atoms with Gasteiger partial charge < -0.3 is 15.5 Å². The molecule has 0 aliphatic carbocycles. The molecule has 0 radical (unpaired) electrons. The van der Waals surface area contributed by atoms with E-state index in [9.17, 15) is 14.0 Å². The SMILES string of the molecule is O=C(NCc1ccccn1)C(=O)NC[C@H](c1cccnc1)N1CCN(c2ccccc2F)CC1. The summed E-state index contributed by atoms with van der Waals surface area (Å²) >= 11 is 0. The van der Waals surface area contributed by atoms with Crippen LogP contribution < -0.4 is 15.5 Å². The lowest BCUT2D eigenvalue weighted by Crippen LogP contribution is -2.51. The molecule has 34 heavy (non-hydrogen) atoms. The van der Waals surface area contributed by atoms with Gasteiger partial charge in [0.25, 0.3) is 0 Å². The first kappa shape index (κ1) is 23.3. The number of aromatic nitrogens is 2. The zero-order valence-electron chi connectivity index (χ0n) is 18.7. The van der Waals surface area contributed by atoms with Crippen LogP contribution in [0.1, 0.15) is 17.3 Å². The maximum absolute atomic E-state index is 14.2. The third kappa shape index (κ3) is 5.93. The minimum Gasteiger partial charge on any atom is -0.367 e. The van der Waals surface area contributed by atoms with E-state index in [4.69, 9.17) is 0 Å². The molecule has 9 heteroatoms. The fraction of sp³-hybridized carbons (Fsp3) is 0.280. The van der Waals surface area contributed by atoms with Gasteiger partial charge in [0.05, 0.1) is 24.0 Å². The van der Waals surface area contributed by atoms with Gasteiger partial charge >= 0.3 is 11.8 Å². The Morgan fingerprint density at radius 1 is 0.912 bits per heavy atom. The fourth-order valence-electron chi connectivity index (χ4n) is 4.04. The number of benzene rings is 1. The van der Waals surface area contributed by atoms with Crippen LogP contribution in [-0.2, 0) is 16.1 Å². The predicted octanol–water partition coefficient (Wildman–Crippen LogP) is 1.91. The number of carbonyl (C=O) groups is 2. The van der Waals surface area contributed by atoms with E-state index in [-0.39, 0.29) is 24.9 Å². The van der Waals surface area contributed by atoms with Gasteiger partial charge in [-0.3, -0.25) is 24.5 Å². The molecule has 1 aliphatic rings. The van der Waals surface area contributed by atoms with E-state index >= 15 is 0 Å². The van der Waals surface area contributed by atoms with Crippen LogP contribution in [0.15, 0.2) is 73.2 Å². The first-order chi connectivity index (χ1) is 16.6. The molecular weight excluding hydrogens is 435 g/mol. The van der Waals surface area contributed by atoms with Crippen LogP contribution in [0.25, 0.3) is 0 Å². The van der Waals surface area contributed by atoms with E-state index < -0.39 is 11.8 Å². The Morgan fingerprint density at radius 3 is 2.38 bits per heavy atom. The maximum Gasteiger partial charge on any atom is 0.309 e. The molecule has 4 rings (SSSR count). The summed E-state index contributed by atoms with van der Waals surface area (Å²) in [5.41, 5.74) is 2.21. The monoisotopic (exact) mass is 462 g/mol. The van der Waals surface area contributed by atoms with Gasteiger partial charge in [0.2, 0.25) is 0 Å². The van der Waals surface area contributed by atoms with Gasteiger partial charge in [0.15, 0.2) is 0 Å². The quantitative estimate of drug-likeness (QED) is 0.522. The molecule has 3 aromatic rings. The van der Waals surface area contributed by atoms with Gasteiger partial charge in [-0.05, 0) is 35.9 Å². The molecule has 8 nitrogen and oxygen atoms in total. The number of carbonyl (C=O) groups excluding carboxylic acids is 2. The lowest BCUT2D eigenvalue weighted by Gasteiger charge is -2.40. The molecule has 0 saturated carbocycles. The molecule has 2 N–H and O–H groups in total. The van der Waals surface area contributed by atoms with Crippen molar-refractivity contribution in [3.8, 4) is 0 Å². The van der Waals surface area contributed by atoms with Crippen molar-refractivity contribution in [2.75, 3.05) is 37.6 Å². The Bertz CT molecular complexity index is 1090. The molecule has 0 spiro atoms. The summed E-state index contributed by atoms with van der Waals surface area (Å²) < 4.78 is 14.2. The summed E-state index contributed by atoms with van der Waals surface area (Å²) in [6.07, 6.45) is 5.09. The van der Waals surface area contributed by atoms with Crippen LogP contribution in [0.4, 0.5) is 10.1 Å². The maximum atomic E-state index is 14.2. The fourth-order valence-corrected chi connectivity index (χ4v) is 4.04. The van der Waals surface area contributed by atoms with E-state index in [0.29, 0.717) is 37.6 Å². The Hall–Kier alpha value is -3.85. The zero-order chi connectivity index (χ0) is 23.8. The zero-order valence-corrected chi connectivity index (χ0v) is 18.7. The highest BCUT2D eigenvalue weighted by Crippen LogP contribution is 2.25. The molecule has 0 unspecified atom stereocenters. The van der Waals surface area contributed by atoms with E-state index in [1.807, 2.05) is 29.2 Å². The number of nitrogens with one attached hydrogen (secondary N) is 2. The molecule has 1 aromatic carbocycles. The molecular formula is C25H27FN6O2. The van der Waals surface area contributed by atoms with Gasteiger partial charge in [-0.2, -0.15) is 0 Å². The number of hydrogen-bond acceptors (Lipinski definition) is 6. The molecule has 176 valence electrons. The van der Waals surface area contributed by atoms with Crippen molar-refractivity contribution in [2.45, 2.75) is 12.6 Å². The molecule has 1 fully saturated rings. The largest absolute Gasteiger partial charge is 0.367 e. The van der Waals surface area contributed by atoms with Crippen molar-refractivity contribution in [1.29, 1.82) is 0 Å². The molecule has 2 amide bonds. The first-order valence-electron chi connectivity index (χ1n) is 11.2. The van der Waals surface area contributed by atoms with Gasteiger partial charge in [-0.15, -0.1) is 0 Å². The Balaban J connectivity index is 1.36. The predicted molar refractivity (Wildman–Crippen MR) is 126 cm³/mol. The van der Waals surface area contributed by atoms with Gasteiger partial charge in [-0.1, -0.05) is 24.3 Å². The molecule has 3 heterocycles. The summed E-state index contributed by atoms with van der Waals surface area (Å²) in [6, 6.07) is 15.8. The third-order valence-electron chi connectivity index (χ3n) is 5.84. The number of anilines is 1. The lowest BCUT2D eigenvalue weighted by atomic mass is 10.1. The van der Waals surface area contributed by atoms with Crippen LogP contribution in [0, 0.1) is 5.82 Å². The molecule has 1 atom stereocenters. The normalized spacial score (nSPS) is 14.9.